The van der Waals surface area contributed by atoms with Gasteiger partial charge < -0.3 is 0 Å². The van der Waals surface area contributed by atoms with E-state index in [-0.39, 0.29) is 5.91 Å². The van der Waals surface area contributed by atoms with Crippen molar-refractivity contribution in [2.75, 3.05) is 12.0 Å². The number of nitrogens with zero attached hydrogens (tertiary/aromatic N) is 1. The lowest BCUT2D eigenvalue weighted by Crippen LogP contribution is -2.35. The highest BCUT2D eigenvalue weighted by molar-refractivity contribution is 5.87. The summed E-state index contributed by atoms with van der Waals surface area (Å²) in [5, 5.41) is 1.61. The van der Waals surface area contributed by atoms with Crippen molar-refractivity contribution in [3.05, 3.63) is 43.0 Å². The average molecular weight is 232 g/mol. The van der Waals surface area contributed by atoms with Crippen LogP contribution in [0.25, 0.3) is 0 Å². The molecule has 1 N–H and O–H groups in total. The zero-order valence-electron chi connectivity index (χ0n) is 10.4. The molecule has 0 fully saturated rings. The number of para-hydroxylation sites is 1. The molecular weight excluding hydrogens is 212 g/mol. The number of rotatable bonds is 7. The van der Waals surface area contributed by atoms with Crippen LogP contribution < -0.4 is 5.43 Å². The van der Waals surface area contributed by atoms with Gasteiger partial charge in [0.25, 0.3) is 5.91 Å². The zero-order valence-corrected chi connectivity index (χ0v) is 10.4. The molecule has 0 aromatic heterocycles. The molecule has 0 atom stereocenters. The van der Waals surface area contributed by atoms with Gasteiger partial charge in [-0.05, 0) is 24.6 Å². The van der Waals surface area contributed by atoms with Crippen molar-refractivity contribution in [2.24, 2.45) is 0 Å². The van der Waals surface area contributed by atoms with Crippen molar-refractivity contribution in [1.29, 1.82) is 0 Å². The van der Waals surface area contributed by atoms with E-state index in [2.05, 4.69) is 18.9 Å². The van der Waals surface area contributed by atoms with E-state index in [9.17, 15) is 4.79 Å². The van der Waals surface area contributed by atoms with Crippen molar-refractivity contribution < 1.29 is 4.79 Å². The van der Waals surface area contributed by atoms with E-state index < -0.39 is 0 Å². The van der Waals surface area contributed by atoms with Crippen molar-refractivity contribution in [3.8, 4) is 0 Å². The third kappa shape index (κ3) is 4.72. The van der Waals surface area contributed by atoms with Crippen LogP contribution in [0.5, 0.6) is 0 Å². The van der Waals surface area contributed by atoms with E-state index in [0.717, 1.165) is 24.9 Å². The van der Waals surface area contributed by atoms with E-state index >= 15 is 0 Å². The first kappa shape index (κ1) is 13.3. The SMILES string of the molecule is C=CC(=O)N(CCCCC)Nc1ccccc1. The lowest BCUT2D eigenvalue weighted by atomic mass is 10.2. The molecule has 0 saturated carbocycles. The van der Waals surface area contributed by atoms with Crippen LogP contribution in [-0.2, 0) is 4.79 Å². The third-order valence-electron chi connectivity index (χ3n) is 2.46. The molecule has 0 unspecified atom stereocenters. The predicted molar refractivity (Wildman–Crippen MR) is 71.5 cm³/mol. The summed E-state index contributed by atoms with van der Waals surface area (Å²) in [6.07, 6.45) is 4.59. The first-order chi connectivity index (χ1) is 8.27. The molecule has 0 spiro atoms. The highest BCUT2D eigenvalue weighted by Crippen LogP contribution is 2.08. The molecule has 0 aliphatic heterocycles. The molecule has 3 heteroatoms. The molecule has 1 aromatic carbocycles. The first-order valence-electron chi connectivity index (χ1n) is 6.03. The number of carbonyl (C=O) groups is 1. The van der Waals surface area contributed by atoms with Gasteiger partial charge in [-0.2, -0.15) is 0 Å². The lowest BCUT2D eigenvalue weighted by molar-refractivity contribution is -0.124. The predicted octanol–water partition coefficient (Wildman–Crippen LogP) is 3.22. The standard InChI is InChI=1S/C14H20N2O/c1-3-5-9-12-16(14(17)4-2)15-13-10-7-6-8-11-13/h4,6-8,10-11,15H,2-3,5,9,12H2,1H3. The van der Waals surface area contributed by atoms with Crippen LogP contribution in [0.1, 0.15) is 26.2 Å². The van der Waals surface area contributed by atoms with Crippen LogP contribution in [0.3, 0.4) is 0 Å². The Morgan fingerprint density at radius 2 is 2.06 bits per heavy atom. The van der Waals surface area contributed by atoms with Crippen LogP contribution in [-0.4, -0.2) is 17.5 Å². The number of nitrogens with one attached hydrogen (secondary N) is 1. The first-order valence-corrected chi connectivity index (χ1v) is 6.03. The smallest absolute Gasteiger partial charge is 0.264 e. The Labute approximate surface area is 103 Å². The Balaban J connectivity index is 2.57. The number of anilines is 1. The van der Waals surface area contributed by atoms with E-state index in [1.54, 1.807) is 5.01 Å². The maximum absolute atomic E-state index is 11.7. The normalized spacial score (nSPS) is 9.71. The molecule has 0 heterocycles. The monoisotopic (exact) mass is 232 g/mol. The number of hydrogen-bond donors (Lipinski definition) is 1. The second-order valence-electron chi connectivity index (χ2n) is 3.88. The highest BCUT2D eigenvalue weighted by atomic mass is 16.2. The molecule has 1 amide bonds. The number of unbranched alkanes of at least 4 members (excludes halogenated alkanes) is 2. The summed E-state index contributed by atoms with van der Waals surface area (Å²) in [5.41, 5.74) is 4.02. The second kappa shape index (κ2) is 7.49. The van der Waals surface area contributed by atoms with Crippen molar-refractivity contribution in [3.63, 3.8) is 0 Å². The van der Waals surface area contributed by atoms with Gasteiger partial charge in [-0.25, -0.2) is 0 Å². The summed E-state index contributed by atoms with van der Waals surface area (Å²) in [6.45, 7) is 6.37. The summed E-state index contributed by atoms with van der Waals surface area (Å²) < 4.78 is 0. The summed E-state index contributed by atoms with van der Waals surface area (Å²) in [5.74, 6) is -0.0926. The fourth-order valence-electron chi connectivity index (χ4n) is 1.52. The van der Waals surface area contributed by atoms with Crippen molar-refractivity contribution >= 4 is 11.6 Å². The summed E-state index contributed by atoms with van der Waals surface area (Å²) >= 11 is 0. The van der Waals surface area contributed by atoms with Crippen molar-refractivity contribution in [1.82, 2.24) is 5.01 Å². The molecule has 0 radical (unpaired) electrons. The van der Waals surface area contributed by atoms with Crippen LogP contribution in [0.2, 0.25) is 0 Å². The van der Waals surface area contributed by atoms with Gasteiger partial charge in [-0.1, -0.05) is 44.5 Å². The molecule has 1 aromatic rings. The Morgan fingerprint density at radius 1 is 1.35 bits per heavy atom. The molecule has 0 aliphatic carbocycles. The van der Waals surface area contributed by atoms with Crippen LogP contribution in [0.15, 0.2) is 43.0 Å². The summed E-state index contributed by atoms with van der Waals surface area (Å²) in [4.78, 5) is 11.7. The van der Waals surface area contributed by atoms with Gasteiger partial charge in [-0.15, -0.1) is 0 Å². The Hall–Kier alpha value is -1.77. The second-order valence-corrected chi connectivity index (χ2v) is 3.88. The minimum Gasteiger partial charge on any atom is -0.296 e. The molecule has 3 nitrogen and oxygen atoms in total. The third-order valence-corrected chi connectivity index (χ3v) is 2.46. The van der Waals surface area contributed by atoms with Crippen LogP contribution in [0, 0.1) is 0 Å². The Morgan fingerprint density at radius 3 is 2.65 bits per heavy atom. The van der Waals surface area contributed by atoms with Gasteiger partial charge in [0.1, 0.15) is 0 Å². The van der Waals surface area contributed by atoms with E-state index in [4.69, 9.17) is 0 Å². The minimum absolute atomic E-state index is 0.0926. The Kier molecular flexibility index (Phi) is 5.86. The summed E-state index contributed by atoms with van der Waals surface area (Å²) in [6, 6.07) is 9.68. The minimum atomic E-state index is -0.0926. The number of hydrazine groups is 1. The van der Waals surface area contributed by atoms with E-state index in [0.29, 0.717) is 6.54 Å². The molecule has 0 bridgehead atoms. The molecule has 1 rings (SSSR count). The maximum atomic E-state index is 11.7. The van der Waals surface area contributed by atoms with Crippen LogP contribution >= 0.6 is 0 Å². The fraction of sp³-hybridized carbons (Fsp3) is 0.357. The van der Waals surface area contributed by atoms with Crippen molar-refractivity contribution in [2.45, 2.75) is 26.2 Å². The zero-order chi connectivity index (χ0) is 12.5. The number of amides is 1. The maximum Gasteiger partial charge on any atom is 0.264 e. The molecule has 17 heavy (non-hydrogen) atoms. The van der Waals surface area contributed by atoms with Gasteiger partial charge in [0.2, 0.25) is 0 Å². The van der Waals surface area contributed by atoms with Crippen LogP contribution in [0.4, 0.5) is 5.69 Å². The quantitative estimate of drug-likeness (QED) is 0.445. The number of carbonyl (C=O) groups excluding carboxylic acids is 1. The highest BCUT2D eigenvalue weighted by Gasteiger charge is 2.08. The van der Waals surface area contributed by atoms with Gasteiger partial charge in [0, 0.05) is 6.54 Å². The molecule has 0 aliphatic rings. The van der Waals surface area contributed by atoms with Gasteiger partial charge >= 0.3 is 0 Å². The molecule has 92 valence electrons. The topological polar surface area (TPSA) is 32.3 Å². The molecule has 0 saturated heterocycles. The largest absolute Gasteiger partial charge is 0.296 e. The average Bonchev–Trinajstić information content (AvgIpc) is 2.38. The lowest BCUT2D eigenvalue weighted by Gasteiger charge is -2.23. The Bertz CT molecular complexity index is 348. The fourth-order valence-corrected chi connectivity index (χ4v) is 1.52. The van der Waals surface area contributed by atoms with E-state index in [1.807, 2.05) is 30.3 Å². The van der Waals surface area contributed by atoms with Gasteiger partial charge in [0.15, 0.2) is 0 Å². The van der Waals surface area contributed by atoms with Gasteiger partial charge in [0.05, 0.1) is 5.69 Å². The summed E-state index contributed by atoms with van der Waals surface area (Å²) in [7, 11) is 0. The molecular formula is C14H20N2O. The number of hydrogen-bond acceptors (Lipinski definition) is 2. The number of benzene rings is 1. The van der Waals surface area contributed by atoms with Gasteiger partial charge in [-0.3, -0.25) is 15.2 Å². The van der Waals surface area contributed by atoms with E-state index in [1.165, 1.54) is 6.08 Å².